The first kappa shape index (κ1) is 17.9. The number of rotatable bonds is 3. The van der Waals surface area contributed by atoms with Crippen LogP contribution in [0, 0.1) is 0 Å². The van der Waals surface area contributed by atoms with Gasteiger partial charge < -0.3 is 15.5 Å². The van der Waals surface area contributed by atoms with Gasteiger partial charge in [-0.3, -0.25) is 14.6 Å². The summed E-state index contributed by atoms with van der Waals surface area (Å²) in [5, 5.41) is 6.16. The van der Waals surface area contributed by atoms with Crippen molar-refractivity contribution in [3.05, 3.63) is 30.1 Å². The van der Waals surface area contributed by atoms with E-state index in [9.17, 15) is 14.4 Å². The third-order valence-electron chi connectivity index (χ3n) is 5.99. The fourth-order valence-corrected chi connectivity index (χ4v) is 4.50. The number of aromatic nitrogens is 1. The highest BCUT2D eigenvalue weighted by molar-refractivity contribution is 6.10. The van der Waals surface area contributed by atoms with Crippen molar-refractivity contribution in [1.82, 2.24) is 25.4 Å². The van der Waals surface area contributed by atoms with Gasteiger partial charge in [-0.1, -0.05) is 18.9 Å². The summed E-state index contributed by atoms with van der Waals surface area (Å²) in [6.45, 7) is 3.47. The number of carbonyl (C=O) groups excluding carboxylic acids is 3. The van der Waals surface area contributed by atoms with Crippen LogP contribution >= 0.6 is 0 Å². The van der Waals surface area contributed by atoms with E-state index in [1.54, 1.807) is 24.2 Å². The fourth-order valence-electron chi connectivity index (χ4n) is 4.50. The van der Waals surface area contributed by atoms with Crippen LogP contribution in [0.3, 0.4) is 0 Å². The lowest BCUT2D eigenvalue weighted by molar-refractivity contribution is -0.145. The molecule has 4 amide bonds. The van der Waals surface area contributed by atoms with Crippen molar-refractivity contribution in [1.29, 1.82) is 0 Å². The first-order valence-corrected chi connectivity index (χ1v) is 9.60. The molecule has 2 aliphatic heterocycles. The van der Waals surface area contributed by atoms with Crippen LogP contribution in [0.25, 0.3) is 0 Å². The molecule has 1 aromatic rings. The van der Waals surface area contributed by atoms with Gasteiger partial charge >= 0.3 is 6.03 Å². The Morgan fingerprint density at radius 3 is 2.81 bits per heavy atom. The lowest BCUT2D eigenvalue weighted by atomic mass is 9.97. The molecule has 2 saturated heterocycles. The molecular formula is C19H25N5O3. The molecule has 0 aromatic carbocycles. The Labute approximate surface area is 158 Å². The van der Waals surface area contributed by atoms with Crippen molar-refractivity contribution in [2.75, 3.05) is 19.6 Å². The summed E-state index contributed by atoms with van der Waals surface area (Å²) in [4.78, 5) is 45.8. The van der Waals surface area contributed by atoms with Gasteiger partial charge in [0.1, 0.15) is 11.6 Å². The molecule has 1 spiro atoms. The molecule has 1 saturated carbocycles. The average Bonchev–Trinajstić information content (AvgIpc) is 3.26. The molecule has 144 valence electrons. The lowest BCUT2D eigenvalue weighted by Crippen LogP contribution is -2.56. The molecule has 8 nitrogen and oxygen atoms in total. The highest BCUT2D eigenvalue weighted by Crippen LogP contribution is 2.36. The van der Waals surface area contributed by atoms with E-state index < -0.39 is 17.6 Å². The van der Waals surface area contributed by atoms with Gasteiger partial charge in [0, 0.05) is 32.0 Å². The van der Waals surface area contributed by atoms with Crippen molar-refractivity contribution < 1.29 is 14.4 Å². The first-order valence-electron chi connectivity index (χ1n) is 9.60. The van der Waals surface area contributed by atoms with Crippen LogP contribution in [-0.4, -0.2) is 63.8 Å². The van der Waals surface area contributed by atoms with Crippen molar-refractivity contribution in [2.45, 2.75) is 50.2 Å². The van der Waals surface area contributed by atoms with Crippen LogP contribution in [0.4, 0.5) is 4.79 Å². The van der Waals surface area contributed by atoms with Crippen LogP contribution in [0.2, 0.25) is 0 Å². The van der Waals surface area contributed by atoms with Crippen molar-refractivity contribution in [3.63, 3.8) is 0 Å². The normalized spacial score (nSPS) is 25.7. The maximum atomic E-state index is 13.3. The summed E-state index contributed by atoms with van der Waals surface area (Å²) in [7, 11) is 0. The first-order chi connectivity index (χ1) is 13.0. The maximum Gasteiger partial charge on any atom is 0.325 e. The Bertz CT molecular complexity index is 747. The smallest absolute Gasteiger partial charge is 0.325 e. The second-order valence-corrected chi connectivity index (χ2v) is 7.61. The zero-order valence-electron chi connectivity index (χ0n) is 15.5. The largest absolute Gasteiger partial charge is 0.331 e. The van der Waals surface area contributed by atoms with Gasteiger partial charge in [0.25, 0.3) is 5.91 Å². The minimum atomic E-state index is -0.824. The van der Waals surface area contributed by atoms with Crippen LogP contribution in [0.1, 0.15) is 44.2 Å². The van der Waals surface area contributed by atoms with E-state index >= 15 is 0 Å². The molecule has 0 radical (unpaired) electrons. The van der Waals surface area contributed by atoms with E-state index in [1.165, 1.54) is 0 Å². The number of carbonyl (C=O) groups is 3. The van der Waals surface area contributed by atoms with Crippen LogP contribution in [-0.2, 0) is 9.59 Å². The highest BCUT2D eigenvalue weighted by Gasteiger charge is 2.55. The maximum absolute atomic E-state index is 13.3. The van der Waals surface area contributed by atoms with E-state index in [0.29, 0.717) is 32.5 Å². The van der Waals surface area contributed by atoms with Crippen molar-refractivity contribution in [2.24, 2.45) is 0 Å². The number of nitrogens with one attached hydrogen (secondary N) is 2. The van der Waals surface area contributed by atoms with E-state index in [2.05, 4.69) is 15.6 Å². The molecule has 8 heteroatoms. The summed E-state index contributed by atoms with van der Waals surface area (Å²) in [5.74, 6) is -0.456. The Morgan fingerprint density at radius 1 is 1.33 bits per heavy atom. The predicted molar refractivity (Wildman–Crippen MR) is 97.6 cm³/mol. The minimum absolute atomic E-state index is 0.163. The number of pyridine rings is 1. The number of amides is 4. The Hall–Kier alpha value is -2.48. The highest BCUT2D eigenvalue weighted by atomic mass is 16.2. The van der Waals surface area contributed by atoms with Crippen LogP contribution < -0.4 is 10.6 Å². The molecule has 3 fully saturated rings. The number of piperazine rings is 1. The van der Waals surface area contributed by atoms with Gasteiger partial charge in [0.2, 0.25) is 5.91 Å². The lowest BCUT2D eigenvalue weighted by Gasteiger charge is -2.39. The van der Waals surface area contributed by atoms with E-state index in [1.807, 2.05) is 12.1 Å². The summed E-state index contributed by atoms with van der Waals surface area (Å²) >= 11 is 0. The summed E-state index contributed by atoms with van der Waals surface area (Å²) < 4.78 is 0. The molecular weight excluding hydrogens is 346 g/mol. The van der Waals surface area contributed by atoms with Crippen LogP contribution in [0.15, 0.2) is 24.5 Å². The third-order valence-corrected chi connectivity index (χ3v) is 5.99. The predicted octanol–water partition coefficient (Wildman–Crippen LogP) is 0.808. The number of nitrogens with zero attached hydrogens (tertiary/aromatic N) is 3. The molecule has 1 aliphatic carbocycles. The van der Waals surface area contributed by atoms with Gasteiger partial charge in [-0.2, -0.15) is 0 Å². The molecule has 4 rings (SSSR count). The Balaban J connectivity index is 1.56. The average molecular weight is 371 g/mol. The van der Waals surface area contributed by atoms with Crippen molar-refractivity contribution in [3.8, 4) is 0 Å². The zero-order valence-corrected chi connectivity index (χ0v) is 15.5. The molecule has 3 heterocycles. The third kappa shape index (κ3) is 2.97. The number of urea groups is 1. The second-order valence-electron chi connectivity index (χ2n) is 7.61. The monoisotopic (exact) mass is 371 g/mol. The SMILES string of the molecule is CC(C(=O)N1CCNCC1c1cccnc1)N1C(=O)NC2(CCCC2)C1=O. The van der Waals surface area contributed by atoms with Gasteiger partial charge in [-0.05, 0) is 31.4 Å². The molecule has 3 aliphatic rings. The number of hydrogen-bond donors (Lipinski definition) is 2. The van der Waals surface area contributed by atoms with E-state index in [0.717, 1.165) is 23.3 Å². The minimum Gasteiger partial charge on any atom is -0.331 e. The molecule has 2 atom stereocenters. The second kappa shape index (κ2) is 6.92. The number of imide groups is 1. The van der Waals surface area contributed by atoms with Gasteiger partial charge in [-0.15, -0.1) is 0 Å². The topological polar surface area (TPSA) is 94.6 Å². The fraction of sp³-hybridized carbons (Fsp3) is 0.579. The van der Waals surface area contributed by atoms with E-state index in [4.69, 9.17) is 0 Å². The molecule has 2 N–H and O–H groups in total. The number of hydrogen-bond acceptors (Lipinski definition) is 5. The standard InChI is InChI=1S/C19H25N5O3/c1-13(24-17(26)19(22-18(24)27)6-2-3-7-19)16(25)23-10-9-21-12-15(23)14-5-4-8-20-11-14/h4-5,8,11,13,15,21H,2-3,6-7,9-10,12H2,1H3,(H,22,27). The molecule has 27 heavy (non-hydrogen) atoms. The van der Waals surface area contributed by atoms with Gasteiger partial charge in [0.05, 0.1) is 6.04 Å². The Morgan fingerprint density at radius 2 is 2.11 bits per heavy atom. The Kier molecular flexibility index (Phi) is 4.59. The molecule has 1 aromatic heterocycles. The van der Waals surface area contributed by atoms with Gasteiger partial charge in [-0.25, -0.2) is 9.69 Å². The van der Waals surface area contributed by atoms with Crippen molar-refractivity contribution >= 4 is 17.8 Å². The molecule has 0 bridgehead atoms. The van der Waals surface area contributed by atoms with E-state index in [-0.39, 0.29) is 17.9 Å². The van der Waals surface area contributed by atoms with Crippen LogP contribution in [0.5, 0.6) is 0 Å². The zero-order chi connectivity index (χ0) is 19.0. The summed E-state index contributed by atoms with van der Waals surface area (Å²) in [6.07, 6.45) is 6.60. The van der Waals surface area contributed by atoms with Gasteiger partial charge in [0.15, 0.2) is 0 Å². The quantitative estimate of drug-likeness (QED) is 0.767. The summed E-state index contributed by atoms with van der Waals surface area (Å²) in [6, 6.07) is 2.35. The summed E-state index contributed by atoms with van der Waals surface area (Å²) in [5.41, 5.74) is 0.146. The molecule has 2 unspecified atom stereocenters.